The molecule has 1 aliphatic rings. The lowest BCUT2D eigenvalue weighted by Crippen LogP contribution is -2.29. The smallest absolute Gasteiger partial charge is 0.227 e. The predicted octanol–water partition coefficient (Wildman–Crippen LogP) is 0.639. The van der Waals surface area contributed by atoms with E-state index in [1.165, 1.54) is 11.3 Å². The van der Waals surface area contributed by atoms with E-state index in [2.05, 4.69) is 20.8 Å². The molecule has 2 amide bonds. The van der Waals surface area contributed by atoms with Gasteiger partial charge in [-0.15, -0.1) is 10.2 Å². The van der Waals surface area contributed by atoms with Crippen LogP contribution in [0.2, 0.25) is 0 Å². The van der Waals surface area contributed by atoms with Crippen LogP contribution in [-0.4, -0.2) is 28.6 Å². The van der Waals surface area contributed by atoms with Crippen molar-refractivity contribution in [2.45, 2.75) is 19.8 Å². The lowest BCUT2D eigenvalue weighted by molar-refractivity contribution is -0.122. The van der Waals surface area contributed by atoms with E-state index < -0.39 is 0 Å². The Morgan fingerprint density at radius 2 is 2.35 bits per heavy atom. The van der Waals surface area contributed by atoms with Crippen LogP contribution in [0.3, 0.4) is 0 Å². The van der Waals surface area contributed by atoms with Crippen molar-refractivity contribution in [2.24, 2.45) is 11.8 Å². The molecule has 1 aliphatic carbocycles. The minimum absolute atomic E-state index is 0.0567. The van der Waals surface area contributed by atoms with Crippen molar-refractivity contribution >= 4 is 28.3 Å². The number of hydrogen-bond donors (Lipinski definition) is 2. The molecule has 0 radical (unpaired) electrons. The molecule has 0 spiro atoms. The Labute approximate surface area is 103 Å². The van der Waals surface area contributed by atoms with Gasteiger partial charge in [-0.1, -0.05) is 18.3 Å². The van der Waals surface area contributed by atoms with E-state index in [1.54, 1.807) is 5.51 Å². The molecule has 17 heavy (non-hydrogen) atoms. The summed E-state index contributed by atoms with van der Waals surface area (Å²) in [6.07, 6.45) is 1.22. The summed E-state index contributed by atoms with van der Waals surface area (Å²) in [5, 5.41) is 13.1. The normalized spacial score (nSPS) is 21.9. The molecule has 2 atom stereocenters. The SMILES string of the molecule is C[C@@H]1C[C@H]1C(=O)NCCC(=O)Nc1nncs1. The average molecular weight is 254 g/mol. The summed E-state index contributed by atoms with van der Waals surface area (Å²) in [4.78, 5) is 22.9. The first-order chi connectivity index (χ1) is 8.16. The van der Waals surface area contributed by atoms with Crippen LogP contribution in [-0.2, 0) is 9.59 Å². The minimum Gasteiger partial charge on any atom is -0.355 e. The Hall–Kier alpha value is -1.50. The molecule has 1 aromatic heterocycles. The number of nitrogens with one attached hydrogen (secondary N) is 2. The minimum atomic E-state index is -0.161. The van der Waals surface area contributed by atoms with Gasteiger partial charge >= 0.3 is 0 Å². The maximum absolute atomic E-state index is 11.5. The van der Waals surface area contributed by atoms with Crippen molar-refractivity contribution < 1.29 is 9.59 Å². The number of hydrogen-bond acceptors (Lipinski definition) is 5. The van der Waals surface area contributed by atoms with Gasteiger partial charge in [0.25, 0.3) is 0 Å². The van der Waals surface area contributed by atoms with Crippen molar-refractivity contribution in [2.75, 3.05) is 11.9 Å². The van der Waals surface area contributed by atoms with Gasteiger partial charge in [0.1, 0.15) is 5.51 Å². The lowest BCUT2D eigenvalue weighted by atomic mass is 10.3. The Balaban J connectivity index is 1.61. The molecule has 0 aromatic carbocycles. The molecule has 1 aromatic rings. The molecular formula is C10H14N4O2S. The van der Waals surface area contributed by atoms with Crippen molar-refractivity contribution in [3.63, 3.8) is 0 Å². The molecule has 92 valence electrons. The zero-order valence-electron chi connectivity index (χ0n) is 9.47. The molecule has 1 heterocycles. The monoisotopic (exact) mass is 254 g/mol. The lowest BCUT2D eigenvalue weighted by Gasteiger charge is -2.03. The second kappa shape index (κ2) is 5.22. The highest BCUT2D eigenvalue weighted by atomic mass is 32.1. The first-order valence-electron chi connectivity index (χ1n) is 5.50. The Morgan fingerprint density at radius 1 is 1.59 bits per heavy atom. The molecule has 0 saturated heterocycles. The molecule has 1 saturated carbocycles. The van der Waals surface area contributed by atoms with Gasteiger partial charge in [-0.25, -0.2) is 0 Å². The van der Waals surface area contributed by atoms with E-state index in [4.69, 9.17) is 0 Å². The second-order valence-corrected chi connectivity index (χ2v) is 4.99. The summed E-state index contributed by atoms with van der Waals surface area (Å²) in [5.41, 5.74) is 1.55. The Kier molecular flexibility index (Phi) is 3.68. The van der Waals surface area contributed by atoms with Crippen molar-refractivity contribution in [3.05, 3.63) is 5.51 Å². The van der Waals surface area contributed by atoms with Crippen LogP contribution < -0.4 is 10.6 Å². The quantitative estimate of drug-likeness (QED) is 0.807. The van der Waals surface area contributed by atoms with Crippen LogP contribution >= 0.6 is 11.3 Å². The Bertz CT molecular complexity index is 406. The number of rotatable bonds is 5. The van der Waals surface area contributed by atoms with Crippen molar-refractivity contribution in [1.29, 1.82) is 0 Å². The van der Waals surface area contributed by atoms with E-state index in [1.807, 2.05) is 6.92 Å². The summed E-state index contributed by atoms with van der Waals surface area (Å²) in [6, 6.07) is 0. The number of amides is 2. The molecule has 7 heteroatoms. The van der Waals surface area contributed by atoms with E-state index >= 15 is 0 Å². The summed E-state index contributed by atoms with van der Waals surface area (Å²) < 4.78 is 0. The Morgan fingerprint density at radius 3 is 2.94 bits per heavy atom. The average Bonchev–Trinajstić information content (AvgIpc) is 2.80. The van der Waals surface area contributed by atoms with Gasteiger partial charge in [-0.2, -0.15) is 0 Å². The van der Waals surface area contributed by atoms with Crippen LogP contribution in [0.5, 0.6) is 0 Å². The first-order valence-corrected chi connectivity index (χ1v) is 6.38. The van der Waals surface area contributed by atoms with Crippen LogP contribution in [0.1, 0.15) is 19.8 Å². The molecule has 2 N–H and O–H groups in total. The summed E-state index contributed by atoms with van der Waals surface area (Å²) in [5.74, 6) is 0.540. The number of aromatic nitrogens is 2. The molecule has 0 unspecified atom stereocenters. The van der Waals surface area contributed by atoms with Crippen LogP contribution in [0, 0.1) is 11.8 Å². The fourth-order valence-corrected chi connectivity index (χ4v) is 1.99. The van der Waals surface area contributed by atoms with Crippen LogP contribution in [0.4, 0.5) is 5.13 Å². The summed E-state index contributed by atoms with van der Waals surface area (Å²) in [6.45, 7) is 2.42. The second-order valence-electron chi connectivity index (χ2n) is 4.15. The molecular weight excluding hydrogens is 240 g/mol. The standard InChI is InChI=1S/C10H14N4O2S/c1-6-4-7(6)9(16)11-3-2-8(15)13-10-14-12-5-17-10/h5-7H,2-4H2,1H3,(H,11,16)(H,13,14,15)/t6-,7-/m1/s1. The van der Waals surface area contributed by atoms with Gasteiger partial charge in [-0.05, 0) is 12.3 Å². The van der Waals surface area contributed by atoms with Crippen LogP contribution in [0.25, 0.3) is 0 Å². The van der Waals surface area contributed by atoms with Crippen molar-refractivity contribution in [1.82, 2.24) is 15.5 Å². The van der Waals surface area contributed by atoms with E-state index in [0.717, 1.165) is 6.42 Å². The van der Waals surface area contributed by atoms with E-state index in [0.29, 0.717) is 17.6 Å². The van der Waals surface area contributed by atoms with Gasteiger partial charge < -0.3 is 10.6 Å². The number of anilines is 1. The third kappa shape index (κ3) is 3.48. The third-order valence-corrected chi connectivity index (χ3v) is 3.31. The highest BCUT2D eigenvalue weighted by Gasteiger charge is 2.38. The summed E-state index contributed by atoms with van der Waals surface area (Å²) in [7, 11) is 0. The molecule has 6 nitrogen and oxygen atoms in total. The number of carbonyl (C=O) groups is 2. The predicted molar refractivity (Wildman–Crippen MR) is 63.4 cm³/mol. The molecule has 0 bridgehead atoms. The molecule has 2 rings (SSSR count). The van der Waals surface area contributed by atoms with Crippen molar-refractivity contribution in [3.8, 4) is 0 Å². The third-order valence-electron chi connectivity index (χ3n) is 2.70. The fourth-order valence-electron chi connectivity index (χ4n) is 1.53. The largest absolute Gasteiger partial charge is 0.355 e. The van der Waals surface area contributed by atoms with Crippen LogP contribution in [0.15, 0.2) is 5.51 Å². The highest BCUT2D eigenvalue weighted by molar-refractivity contribution is 7.13. The zero-order valence-corrected chi connectivity index (χ0v) is 10.3. The summed E-state index contributed by atoms with van der Waals surface area (Å²) >= 11 is 1.26. The maximum Gasteiger partial charge on any atom is 0.227 e. The van der Waals surface area contributed by atoms with Gasteiger partial charge in [0.15, 0.2) is 0 Å². The molecule has 1 fully saturated rings. The number of carbonyl (C=O) groups excluding carboxylic acids is 2. The van der Waals surface area contributed by atoms with Gasteiger partial charge in [-0.3, -0.25) is 9.59 Å². The number of nitrogens with zero attached hydrogens (tertiary/aromatic N) is 2. The maximum atomic E-state index is 11.5. The zero-order chi connectivity index (χ0) is 12.3. The highest BCUT2D eigenvalue weighted by Crippen LogP contribution is 2.37. The van der Waals surface area contributed by atoms with Gasteiger partial charge in [0.05, 0.1) is 0 Å². The topological polar surface area (TPSA) is 84.0 Å². The van der Waals surface area contributed by atoms with Gasteiger partial charge in [0.2, 0.25) is 16.9 Å². The fraction of sp³-hybridized carbons (Fsp3) is 0.600. The van der Waals surface area contributed by atoms with E-state index in [-0.39, 0.29) is 24.2 Å². The molecule has 0 aliphatic heterocycles. The van der Waals surface area contributed by atoms with E-state index in [9.17, 15) is 9.59 Å². The van der Waals surface area contributed by atoms with Gasteiger partial charge in [0, 0.05) is 18.9 Å². The first kappa shape index (κ1) is 12.0.